The molecule has 0 amide bonds. The van der Waals surface area contributed by atoms with Gasteiger partial charge in [0.2, 0.25) is 0 Å². The lowest BCUT2D eigenvalue weighted by Crippen LogP contribution is -2.62. The molecule has 4 heteroatoms. The van der Waals surface area contributed by atoms with E-state index in [9.17, 15) is 0 Å². The summed E-state index contributed by atoms with van der Waals surface area (Å²) >= 11 is 0. The summed E-state index contributed by atoms with van der Waals surface area (Å²) in [6.45, 7) is 48.8. The summed E-state index contributed by atoms with van der Waals surface area (Å²) in [5.74, 6) is 0. The predicted molar refractivity (Wildman–Crippen MR) is 391 cm³/mol. The van der Waals surface area contributed by atoms with Crippen molar-refractivity contribution in [3.05, 3.63) is 242 Å². The third-order valence-electron chi connectivity index (χ3n) is 24.3. The molecule has 0 N–H and O–H groups in total. The normalized spacial score (nSPS) is 20.9. The third kappa shape index (κ3) is 8.31. The fraction of sp³-hybridized carbons (Fsp3) is 0.379. The van der Waals surface area contributed by atoms with Crippen LogP contribution in [0.5, 0.6) is 0 Å². The van der Waals surface area contributed by atoms with Crippen molar-refractivity contribution >= 4 is 68.6 Å². The maximum Gasteiger partial charge on any atom is 0.252 e. The highest BCUT2D eigenvalue weighted by Crippen LogP contribution is 2.63. The van der Waals surface area contributed by atoms with E-state index in [1.807, 2.05) is 0 Å². The molecule has 9 aromatic carbocycles. The van der Waals surface area contributed by atoms with Crippen LogP contribution in [0, 0.1) is 6.92 Å². The van der Waals surface area contributed by atoms with Crippen molar-refractivity contribution in [3.8, 4) is 11.1 Å². The van der Waals surface area contributed by atoms with Gasteiger partial charge >= 0.3 is 0 Å². The van der Waals surface area contributed by atoms with Crippen LogP contribution in [0.2, 0.25) is 0 Å². The summed E-state index contributed by atoms with van der Waals surface area (Å²) in [5.41, 5.74) is 33.3. The fourth-order valence-corrected chi connectivity index (χ4v) is 18.5. The molecular formula is C87H96BN3. The monoisotopic (exact) mass is 1190 g/mol. The molecule has 1 fully saturated rings. The van der Waals surface area contributed by atoms with Crippen molar-refractivity contribution in [3.63, 3.8) is 0 Å². The standard InChI is InChI=1S/C87H96BN3/c1-53-44-55(79(2,3)4)36-39-71(53)89-74-51-66-64(82(11,12)60-32-24-26-34-62(60)84(66,15)16)49-69(74)88-70-50-65-67(85(17,18)63-35-27-25-33-61(63)83(65,13)14)52-75(70)90(72-40-37-56(80(5,6)7)45-59(72)54-30-22-21-23-31-54)77-48-58(47-76(89)78(77)88)91-73-41-38-57(81(8,9)10)46-68(73)86(19)42-28-29-43-87(86,91)20/h21-27,30-41,44-52H,28-29,42-43H2,1-20H3. The molecule has 3 heterocycles. The Hall–Kier alpha value is -7.56. The zero-order valence-corrected chi connectivity index (χ0v) is 58.4. The zero-order chi connectivity index (χ0) is 64.4. The van der Waals surface area contributed by atoms with Crippen molar-refractivity contribution in [2.24, 2.45) is 0 Å². The van der Waals surface area contributed by atoms with Crippen molar-refractivity contribution in [1.82, 2.24) is 0 Å². The molecule has 0 saturated heterocycles. The Morgan fingerprint density at radius 1 is 0.352 bits per heavy atom. The minimum absolute atomic E-state index is 0.00612. The summed E-state index contributed by atoms with van der Waals surface area (Å²) in [7, 11) is 0. The Kier molecular flexibility index (Phi) is 12.7. The molecule has 6 aliphatic rings. The molecule has 0 radical (unpaired) electrons. The highest BCUT2D eigenvalue weighted by molar-refractivity contribution is 7.00. The topological polar surface area (TPSA) is 9.72 Å². The number of benzene rings is 9. The molecule has 1 saturated carbocycles. The molecule has 0 aromatic heterocycles. The van der Waals surface area contributed by atoms with Gasteiger partial charge in [0.05, 0.1) is 11.2 Å². The second-order valence-corrected chi connectivity index (χ2v) is 34.2. The van der Waals surface area contributed by atoms with Gasteiger partial charge in [-0.25, -0.2) is 0 Å². The van der Waals surface area contributed by atoms with Crippen molar-refractivity contribution in [2.75, 3.05) is 14.7 Å². The second-order valence-electron chi connectivity index (χ2n) is 34.2. The van der Waals surface area contributed by atoms with Gasteiger partial charge in [0.1, 0.15) is 0 Å². The van der Waals surface area contributed by atoms with E-state index in [1.54, 1.807) is 0 Å². The van der Waals surface area contributed by atoms with E-state index in [0.29, 0.717) is 0 Å². The lowest BCUT2D eigenvalue weighted by Gasteiger charge is -2.52. The van der Waals surface area contributed by atoms with Gasteiger partial charge in [0.15, 0.2) is 0 Å². The van der Waals surface area contributed by atoms with E-state index < -0.39 is 0 Å². The maximum atomic E-state index is 2.88. The average Bonchev–Trinajstić information content (AvgIpc) is 1.56. The van der Waals surface area contributed by atoms with Gasteiger partial charge in [-0.1, -0.05) is 259 Å². The quantitative estimate of drug-likeness (QED) is 0.163. The van der Waals surface area contributed by atoms with Crippen LogP contribution in [-0.2, 0) is 43.3 Å². The second kappa shape index (κ2) is 19.3. The lowest BCUT2D eigenvalue weighted by molar-refractivity contribution is 0.195. The summed E-state index contributed by atoms with van der Waals surface area (Å²) in [6.07, 6.45) is 4.68. The Balaban J connectivity index is 1.14. The molecule has 3 aliphatic carbocycles. The van der Waals surface area contributed by atoms with Crippen molar-refractivity contribution < 1.29 is 0 Å². The first-order chi connectivity index (χ1) is 42.7. The molecule has 0 spiro atoms. The van der Waals surface area contributed by atoms with Crippen LogP contribution in [0.1, 0.15) is 230 Å². The molecule has 2 atom stereocenters. The van der Waals surface area contributed by atoms with Crippen LogP contribution in [0.4, 0.5) is 45.5 Å². The SMILES string of the molecule is Cc1cc(C(C)(C)C)ccc1N1c2cc3c(cc2B2c4cc5c(cc4N(c4ccc(C(C)(C)C)cc4-c4ccccc4)c4cc(N6c7ccc(C(C)(C)C)cc7C7(C)CCCCC67C)cc1c42)C(C)(C)c1ccccc1C5(C)C)C(C)(C)c1ccccc1C3(C)C. The number of rotatable bonds is 4. The Morgan fingerprint density at radius 3 is 1.23 bits per heavy atom. The lowest BCUT2D eigenvalue weighted by atomic mass is 9.32. The van der Waals surface area contributed by atoms with Crippen LogP contribution in [-0.4, -0.2) is 12.3 Å². The first-order valence-corrected chi connectivity index (χ1v) is 34.3. The summed E-state index contributed by atoms with van der Waals surface area (Å²) < 4.78 is 0. The molecule has 91 heavy (non-hydrogen) atoms. The minimum Gasteiger partial charge on any atom is -0.334 e. The van der Waals surface area contributed by atoms with Gasteiger partial charge in [-0.2, -0.15) is 0 Å². The summed E-state index contributed by atoms with van der Waals surface area (Å²) in [6, 6.07) is 68.7. The van der Waals surface area contributed by atoms with E-state index in [-0.39, 0.29) is 55.6 Å². The van der Waals surface area contributed by atoms with Crippen molar-refractivity contribution in [1.29, 1.82) is 0 Å². The minimum atomic E-state index is -0.293. The Labute approximate surface area is 546 Å². The van der Waals surface area contributed by atoms with E-state index in [1.165, 1.54) is 158 Å². The highest BCUT2D eigenvalue weighted by Gasteiger charge is 2.59. The van der Waals surface area contributed by atoms with Gasteiger partial charge in [0.25, 0.3) is 6.71 Å². The number of fused-ring (bicyclic) bond motifs is 11. The number of hydrogen-bond acceptors (Lipinski definition) is 3. The fourth-order valence-electron chi connectivity index (χ4n) is 18.5. The summed E-state index contributed by atoms with van der Waals surface area (Å²) in [4.78, 5) is 8.44. The largest absolute Gasteiger partial charge is 0.334 e. The average molecular weight is 1190 g/mol. The molecule has 0 bridgehead atoms. The van der Waals surface area contributed by atoms with E-state index in [2.05, 4.69) is 323 Å². The maximum absolute atomic E-state index is 2.88. The molecule has 3 aliphatic heterocycles. The molecule has 462 valence electrons. The number of nitrogens with zero attached hydrogens (tertiary/aromatic N) is 3. The molecular weight excluding hydrogens is 1100 g/mol. The van der Waals surface area contributed by atoms with Gasteiger partial charge < -0.3 is 14.7 Å². The molecule has 2 unspecified atom stereocenters. The molecule has 9 aromatic rings. The first kappa shape index (κ1) is 59.7. The number of aryl methyl sites for hydroxylation is 1. The molecule has 3 nitrogen and oxygen atoms in total. The van der Waals surface area contributed by atoms with Crippen molar-refractivity contribution in [2.45, 2.75) is 213 Å². The predicted octanol–water partition coefficient (Wildman–Crippen LogP) is 21.3. The summed E-state index contributed by atoms with van der Waals surface area (Å²) in [5, 5.41) is 0. The third-order valence-corrected chi connectivity index (χ3v) is 24.3. The Morgan fingerprint density at radius 2 is 0.758 bits per heavy atom. The van der Waals surface area contributed by atoms with E-state index in [0.717, 1.165) is 12.8 Å². The van der Waals surface area contributed by atoms with Crippen LogP contribution >= 0.6 is 0 Å². The highest BCUT2D eigenvalue weighted by atomic mass is 15.3. The first-order valence-electron chi connectivity index (χ1n) is 34.3. The van der Waals surface area contributed by atoms with Gasteiger partial charge in [0, 0.05) is 72.5 Å². The van der Waals surface area contributed by atoms with Crippen LogP contribution in [0.15, 0.2) is 170 Å². The smallest absolute Gasteiger partial charge is 0.252 e. The van der Waals surface area contributed by atoms with Crippen LogP contribution in [0.3, 0.4) is 0 Å². The van der Waals surface area contributed by atoms with E-state index >= 15 is 0 Å². The van der Waals surface area contributed by atoms with Crippen LogP contribution < -0.4 is 31.1 Å². The van der Waals surface area contributed by atoms with Crippen LogP contribution in [0.25, 0.3) is 11.1 Å². The Bertz CT molecular complexity index is 4550. The van der Waals surface area contributed by atoms with E-state index in [4.69, 9.17) is 0 Å². The number of hydrogen-bond donors (Lipinski definition) is 0. The number of anilines is 8. The van der Waals surface area contributed by atoms with Gasteiger partial charge in [-0.3, -0.25) is 0 Å². The van der Waals surface area contributed by atoms with Gasteiger partial charge in [-0.15, -0.1) is 0 Å². The molecule has 15 rings (SSSR count). The van der Waals surface area contributed by atoms with Gasteiger partial charge in [-0.05, 0) is 186 Å². The zero-order valence-electron chi connectivity index (χ0n) is 58.4.